The van der Waals surface area contributed by atoms with Gasteiger partial charge < -0.3 is 10.5 Å². The van der Waals surface area contributed by atoms with Crippen molar-refractivity contribution in [2.24, 2.45) is 5.73 Å². The van der Waals surface area contributed by atoms with E-state index < -0.39 is 5.91 Å². The molecule has 0 radical (unpaired) electrons. The third-order valence-electron chi connectivity index (χ3n) is 1.92. The molecule has 0 bridgehead atoms. The first kappa shape index (κ1) is 10.6. The summed E-state index contributed by atoms with van der Waals surface area (Å²) in [6.07, 6.45) is 1.73. The fourth-order valence-electron chi connectivity index (χ4n) is 1.27. The van der Waals surface area contributed by atoms with Crippen molar-refractivity contribution in [3.8, 4) is 16.3 Å². The number of carbonyl (C=O) groups is 1. The second kappa shape index (κ2) is 4.76. The van der Waals surface area contributed by atoms with Gasteiger partial charge in [-0.2, -0.15) is 0 Å². The Bertz CT molecular complexity index is 482. The molecule has 4 nitrogen and oxygen atoms in total. The Morgan fingerprint density at radius 3 is 2.94 bits per heavy atom. The van der Waals surface area contributed by atoms with Crippen LogP contribution in [0.5, 0.6) is 5.75 Å². The second-order valence-electron chi connectivity index (χ2n) is 3.09. The first-order chi connectivity index (χ1) is 7.77. The molecular weight excluding hydrogens is 224 g/mol. The van der Waals surface area contributed by atoms with Crippen LogP contribution in [0, 0.1) is 0 Å². The summed E-state index contributed by atoms with van der Waals surface area (Å²) in [6, 6.07) is 7.43. The van der Waals surface area contributed by atoms with Crippen LogP contribution in [-0.4, -0.2) is 17.5 Å². The highest BCUT2D eigenvalue weighted by Gasteiger charge is 2.08. The number of nitrogens with zero attached hydrogens (tertiary/aromatic N) is 1. The highest BCUT2D eigenvalue weighted by Crippen LogP contribution is 2.30. The molecule has 1 amide bonds. The molecule has 1 aromatic heterocycles. The van der Waals surface area contributed by atoms with E-state index in [2.05, 4.69) is 4.98 Å². The van der Waals surface area contributed by atoms with Gasteiger partial charge >= 0.3 is 0 Å². The number of primary amides is 1. The van der Waals surface area contributed by atoms with Crippen LogP contribution >= 0.6 is 11.3 Å². The molecule has 2 N–H and O–H groups in total. The number of carbonyl (C=O) groups excluding carboxylic acids is 1. The summed E-state index contributed by atoms with van der Waals surface area (Å²) in [7, 11) is 0. The maximum absolute atomic E-state index is 10.7. The average Bonchev–Trinajstić information content (AvgIpc) is 2.80. The molecule has 0 aliphatic carbocycles. The third-order valence-corrected chi connectivity index (χ3v) is 2.73. The SMILES string of the molecule is NC(=O)COc1ccccc1-c1nccs1. The minimum atomic E-state index is -0.492. The molecule has 0 aliphatic rings. The third kappa shape index (κ3) is 2.38. The molecule has 82 valence electrons. The van der Waals surface area contributed by atoms with Crippen LogP contribution in [0.2, 0.25) is 0 Å². The predicted octanol–water partition coefficient (Wildman–Crippen LogP) is 1.67. The summed E-state index contributed by atoms with van der Waals surface area (Å²) < 4.78 is 5.31. The van der Waals surface area contributed by atoms with Gasteiger partial charge in [-0.15, -0.1) is 11.3 Å². The summed E-state index contributed by atoms with van der Waals surface area (Å²) in [6.45, 7) is -0.123. The van der Waals surface area contributed by atoms with Crippen molar-refractivity contribution in [1.82, 2.24) is 4.98 Å². The minimum Gasteiger partial charge on any atom is -0.483 e. The lowest BCUT2D eigenvalue weighted by Gasteiger charge is -2.07. The lowest BCUT2D eigenvalue weighted by molar-refractivity contribution is -0.119. The van der Waals surface area contributed by atoms with Crippen molar-refractivity contribution < 1.29 is 9.53 Å². The molecule has 0 aliphatic heterocycles. The maximum Gasteiger partial charge on any atom is 0.255 e. The van der Waals surface area contributed by atoms with Crippen LogP contribution in [0.25, 0.3) is 10.6 Å². The van der Waals surface area contributed by atoms with Crippen molar-refractivity contribution >= 4 is 17.2 Å². The zero-order chi connectivity index (χ0) is 11.4. The minimum absolute atomic E-state index is 0.123. The molecule has 1 aromatic carbocycles. The van der Waals surface area contributed by atoms with Crippen molar-refractivity contribution in [1.29, 1.82) is 0 Å². The van der Waals surface area contributed by atoms with E-state index in [4.69, 9.17) is 10.5 Å². The number of hydrogen-bond acceptors (Lipinski definition) is 4. The van der Waals surface area contributed by atoms with E-state index in [0.29, 0.717) is 5.75 Å². The summed E-state index contributed by atoms with van der Waals surface area (Å²) in [5, 5.41) is 2.75. The predicted molar refractivity (Wildman–Crippen MR) is 62.2 cm³/mol. The van der Waals surface area contributed by atoms with E-state index in [1.54, 1.807) is 12.3 Å². The van der Waals surface area contributed by atoms with Gasteiger partial charge in [0.05, 0.1) is 5.56 Å². The molecule has 0 fully saturated rings. The average molecular weight is 234 g/mol. The van der Waals surface area contributed by atoms with Crippen molar-refractivity contribution in [3.63, 3.8) is 0 Å². The molecule has 2 rings (SSSR count). The number of benzene rings is 1. The largest absolute Gasteiger partial charge is 0.483 e. The lowest BCUT2D eigenvalue weighted by atomic mass is 10.2. The van der Waals surface area contributed by atoms with Crippen LogP contribution in [0.15, 0.2) is 35.8 Å². The van der Waals surface area contributed by atoms with E-state index in [1.807, 2.05) is 23.6 Å². The summed E-state index contributed by atoms with van der Waals surface area (Å²) in [5.74, 6) is 0.130. The fraction of sp³-hybridized carbons (Fsp3) is 0.0909. The smallest absolute Gasteiger partial charge is 0.255 e. The molecule has 0 unspecified atom stereocenters. The zero-order valence-electron chi connectivity index (χ0n) is 8.42. The summed E-state index contributed by atoms with van der Waals surface area (Å²) in [5.41, 5.74) is 5.91. The van der Waals surface area contributed by atoms with E-state index in [-0.39, 0.29) is 6.61 Å². The number of thiazole rings is 1. The maximum atomic E-state index is 10.7. The Hall–Kier alpha value is -1.88. The molecule has 5 heteroatoms. The summed E-state index contributed by atoms with van der Waals surface area (Å²) >= 11 is 1.52. The van der Waals surface area contributed by atoms with E-state index in [0.717, 1.165) is 10.6 Å². The lowest BCUT2D eigenvalue weighted by Crippen LogP contribution is -2.20. The number of rotatable bonds is 4. The monoisotopic (exact) mass is 234 g/mol. The van der Waals surface area contributed by atoms with Gasteiger partial charge in [0.2, 0.25) is 0 Å². The quantitative estimate of drug-likeness (QED) is 0.875. The van der Waals surface area contributed by atoms with Crippen LogP contribution in [-0.2, 0) is 4.79 Å². The van der Waals surface area contributed by atoms with Gasteiger partial charge in [-0.1, -0.05) is 12.1 Å². The number of ether oxygens (including phenoxy) is 1. The first-order valence-electron chi connectivity index (χ1n) is 4.67. The van der Waals surface area contributed by atoms with Crippen LogP contribution in [0.4, 0.5) is 0 Å². The number of aromatic nitrogens is 1. The molecule has 0 saturated carbocycles. The summed E-state index contributed by atoms with van der Waals surface area (Å²) in [4.78, 5) is 14.9. The second-order valence-corrected chi connectivity index (χ2v) is 3.98. The molecule has 16 heavy (non-hydrogen) atoms. The Balaban J connectivity index is 2.27. The number of amides is 1. The fourth-order valence-corrected chi connectivity index (χ4v) is 1.94. The van der Waals surface area contributed by atoms with Gasteiger partial charge in [-0.25, -0.2) is 4.98 Å². The highest BCUT2D eigenvalue weighted by molar-refractivity contribution is 7.13. The molecule has 2 aromatic rings. The molecule has 0 saturated heterocycles. The van der Waals surface area contributed by atoms with Crippen LogP contribution in [0.3, 0.4) is 0 Å². The van der Waals surface area contributed by atoms with Gasteiger partial charge in [-0.3, -0.25) is 4.79 Å². The van der Waals surface area contributed by atoms with E-state index in [9.17, 15) is 4.79 Å². The standard InChI is InChI=1S/C11H10N2O2S/c12-10(14)7-15-9-4-2-1-3-8(9)11-13-5-6-16-11/h1-6H,7H2,(H2,12,14). The molecule has 0 atom stereocenters. The van der Waals surface area contributed by atoms with Gasteiger partial charge in [0.25, 0.3) is 5.91 Å². The van der Waals surface area contributed by atoms with Gasteiger partial charge in [0.15, 0.2) is 6.61 Å². The van der Waals surface area contributed by atoms with Gasteiger partial charge in [0.1, 0.15) is 10.8 Å². The number of hydrogen-bond donors (Lipinski definition) is 1. The van der Waals surface area contributed by atoms with Gasteiger partial charge in [0, 0.05) is 11.6 Å². The Morgan fingerprint density at radius 1 is 1.44 bits per heavy atom. The Kier molecular flexibility index (Phi) is 3.16. The Labute approximate surface area is 96.7 Å². The van der Waals surface area contributed by atoms with Crippen LogP contribution < -0.4 is 10.5 Å². The van der Waals surface area contributed by atoms with Crippen molar-refractivity contribution in [3.05, 3.63) is 35.8 Å². The topological polar surface area (TPSA) is 65.2 Å². The van der Waals surface area contributed by atoms with E-state index >= 15 is 0 Å². The normalized spacial score (nSPS) is 10.0. The number of nitrogens with two attached hydrogens (primary N) is 1. The molecule has 0 spiro atoms. The molecule has 1 heterocycles. The number of para-hydroxylation sites is 1. The van der Waals surface area contributed by atoms with Crippen molar-refractivity contribution in [2.75, 3.05) is 6.61 Å². The highest BCUT2D eigenvalue weighted by atomic mass is 32.1. The zero-order valence-corrected chi connectivity index (χ0v) is 9.24. The Morgan fingerprint density at radius 2 is 2.25 bits per heavy atom. The van der Waals surface area contributed by atoms with Crippen molar-refractivity contribution in [2.45, 2.75) is 0 Å². The first-order valence-corrected chi connectivity index (χ1v) is 5.55. The van der Waals surface area contributed by atoms with Gasteiger partial charge in [-0.05, 0) is 12.1 Å². The van der Waals surface area contributed by atoms with Crippen LogP contribution in [0.1, 0.15) is 0 Å². The molecular formula is C11H10N2O2S. The van der Waals surface area contributed by atoms with E-state index in [1.165, 1.54) is 11.3 Å².